The van der Waals surface area contributed by atoms with Crippen molar-refractivity contribution in [2.75, 3.05) is 6.26 Å². The predicted octanol–water partition coefficient (Wildman–Crippen LogP) is 2.67. The molecule has 0 bridgehead atoms. The molecule has 0 fully saturated rings. The molecule has 3 heterocycles. The van der Waals surface area contributed by atoms with Gasteiger partial charge in [-0.15, -0.1) is 5.10 Å². The van der Waals surface area contributed by atoms with Crippen LogP contribution in [0.2, 0.25) is 10.2 Å². The molecule has 0 radical (unpaired) electrons. The fourth-order valence-electron chi connectivity index (χ4n) is 2.10. The lowest BCUT2D eigenvalue weighted by molar-refractivity contribution is 0.727. The summed E-state index contributed by atoms with van der Waals surface area (Å²) in [5.74, 6) is 0.487. The zero-order valence-electron chi connectivity index (χ0n) is 11.7. The maximum Gasteiger partial charge on any atom is 0.275 e. The number of pyridine rings is 1. The van der Waals surface area contributed by atoms with Gasteiger partial charge >= 0.3 is 0 Å². The molecule has 0 aliphatic heterocycles. The molecular weight excluding hydrogens is 345 g/mol. The molecule has 3 aromatic heterocycles. The summed E-state index contributed by atoms with van der Waals surface area (Å²) < 4.78 is 3.18. The molecule has 0 spiro atoms. The van der Waals surface area contributed by atoms with Crippen molar-refractivity contribution in [3.8, 4) is 0 Å². The molecule has 0 aliphatic carbocycles. The Hall–Kier alpha value is -1.57. The van der Waals surface area contributed by atoms with E-state index in [2.05, 4.69) is 15.1 Å². The summed E-state index contributed by atoms with van der Waals surface area (Å²) in [6.07, 6.45) is 3.51. The van der Waals surface area contributed by atoms with Crippen molar-refractivity contribution in [1.29, 1.82) is 0 Å². The molecule has 3 rings (SSSR count). The number of thioether (sulfide) groups is 1. The Kier molecular flexibility index (Phi) is 4.12. The number of hydrogen-bond acceptors (Lipinski definition) is 5. The van der Waals surface area contributed by atoms with Crippen LogP contribution >= 0.6 is 35.0 Å². The van der Waals surface area contributed by atoms with E-state index < -0.39 is 0 Å². The third-order valence-electron chi connectivity index (χ3n) is 3.16. The normalized spacial score (nSPS) is 11.3. The highest BCUT2D eigenvalue weighted by atomic mass is 35.5. The largest absolute Gasteiger partial charge is 0.310 e. The van der Waals surface area contributed by atoms with E-state index in [-0.39, 0.29) is 10.7 Å². The van der Waals surface area contributed by atoms with Crippen molar-refractivity contribution >= 4 is 40.7 Å². The molecule has 0 aliphatic rings. The van der Waals surface area contributed by atoms with Crippen LogP contribution in [0.25, 0.3) is 5.78 Å². The quantitative estimate of drug-likeness (QED) is 0.533. The van der Waals surface area contributed by atoms with E-state index in [1.54, 1.807) is 12.3 Å². The molecule has 0 unspecified atom stereocenters. The van der Waals surface area contributed by atoms with Gasteiger partial charge in [0.2, 0.25) is 10.9 Å². The minimum atomic E-state index is -0.205. The van der Waals surface area contributed by atoms with Gasteiger partial charge in [-0.2, -0.15) is 9.50 Å². The van der Waals surface area contributed by atoms with E-state index >= 15 is 0 Å². The second-order valence-electron chi connectivity index (χ2n) is 4.64. The molecule has 9 heteroatoms. The number of halogens is 2. The Balaban J connectivity index is 2.15. The van der Waals surface area contributed by atoms with Gasteiger partial charge in [-0.05, 0) is 24.8 Å². The van der Waals surface area contributed by atoms with Gasteiger partial charge in [0, 0.05) is 18.0 Å². The molecule has 0 N–H and O–H groups in total. The minimum Gasteiger partial charge on any atom is -0.310 e. The van der Waals surface area contributed by atoms with Gasteiger partial charge in [-0.3, -0.25) is 4.79 Å². The van der Waals surface area contributed by atoms with Crippen LogP contribution in [0, 0.1) is 6.92 Å². The molecule has 114 valence electrons. The fourth-order valence-corrected chi connectivity index (χ4v) is 2.72. The van der Waals surface area contributed by atoms with E-state index in [0.29, 0.717) is 22.5 Å². The highest BCUT2D eigenvalue weighted by Crippen LogP contribution is 2.21. The average molecular weight is 356 g/mol. The van der Waals surface area contributed by atoms with Crippen LogP contribution in [0.5, 0.6) is 0 Å². The Labute approximate surface area is 140 Å². The minimum absolute atomic E-state index is 0.205. The van der Waals surface area contributed by atoms with Crippen LogP contribution in [0.1, 0.15) is 11.3 Å². The number of nitrogens with zero attached hydrogens (tertiary/aromatic N) is 5. The van der Waals surface area contributed by atoms with Gasteiger partial charge in [0.25, 0.3) is 5.56 Å². The summed E-state index contributed by atoms with van der Waals surface area (Å²) in [6, 6.07) is 3.27. The van der Waals surface area contributed by atoms with Crippen molar-refractivity contribution < 1.29 is 0 Å². The molecular formula is C13H11Cl2N5OS. The third-order valence-corrected chi connectivity index (χ3v) is 4.38. The SMILES string of the molecule is CSc1nc2n(Cc3cnc(Cl)c(Cl)c3)c(C)cc(=O)n2n1. The fraction of sp³-hybridized carbons (Fsp3) is 0.231. The summed E-state index contributed by atoms with van der Waals surface area (Å²) in [5.41, 5.74) is 1.43. The van der Waals surface area contributed by atoms with Gasteiger partial charge in [0.05, 0.1) is 11.6 Å². The van der Waals surface area contributed by atoms with Gasteiger partial charge in [0.15, 0.2) is 0 Å². The maximum atomic E-state index is 12.0. The second-order valence-corrected chi connectivity index (χ2v) is 6.18. The van der Waals surface area contributed by atoms with Crippen LogP contribution in [-0.2, 0) is 6.54 Å². The second kappa shape index (κ2) is 5.91. The lowest BCUT2D eigenvalue weighted by Gasteiger charge is -2.11. The molecule has 0 aromatic carbocycles. The zero-order chi connectivity index (χ0) is 15.9. The summed E-state index contributed by atoms with van der Waals surface area (Å²) in [7, 11) is 0. The van der Waals surface area contributed by atoms with E-state index in [9.17, 15) is 4.79 Å². The van der Waals surface area contributed by atoms with Crippen LogP contribution in [0.15, 0.2) is 28.3 Å². The Morgan fingerprint density at radius 1 is 1.32 bits per heavy atom. The maximum absolute atomic E-state index is 12.0. The van der Waals surface area contributed by atoms with Gasteiger partial charge in [0.1, 0.15) is 5.15 Å². The molecule has 6 nitrogen and oxygen atoms in total. The summed E-state index contributed by atoms with van der Waals surface area (Å²) in [6.45, 7) is 2.31. The molecule has 0 saturated carbocycles. The lowest BCUT2D eigenvalue weighted by atomic mass is 10.2. The monoisotopic (exact) mass is 355 g/mol. The number of fused-ring (bicyclic) bond motifs is 1. The van der Waals surface area contributed by atoms with Crippen LogP contribution < -0.4 is 5.56 Å². The zero-order valence-corrected chi connectivity index (χ0v) is 14.1. The van der Waals surface area contributed by atoms with Crippen LogP contribution in [-0.4, -0.2) is 30.4 Å². The van der Waals surface area contributed by atoms with E-state index in [4.69, 9.17) is 23.2 Å². The van der Waals surface area contributed by atoms with Crippen LogP contribution in [0.4, 0.5) is 0 Å². The standard InChI is InChI=1S/C13H11Cl2N5OS/c1-7-3-10(21)20-13(17-12(18-20)22-2)19(7)6-8-4-9(14)11(15)16-5-8/h3-5H,6H2,1-2H3. The number of hydrogen-bond donors (Lipinski definition) is 0. The number of rotatable bonds is 3. The van der Waals surface area contributed by atoms with E-state index in [0.717, 1.165) is 11.3 Å². The third kappa shape index (κ3) is 2.71. The van der Waals surface area contributed by atoms with E-state index in [1.807, 2.05) is 17.7 Å². The van der Waals surface area contributed by atoms with Gasteiger partial charge < -0.3 is 4.57 Å². The van der Waals surface area contributed by atoms with Gasteiger partial charge in [-0.25, -0.2) is 4.98 Å². The average Bonchev–Trinajstić information content (AvgIpc) is 2.92. The smallest absolute Gasteiger partial charge is 0.275 e. The molecule has 0 atom stereocenters. The first-order valence-electron chi connectivity index (χ1n) is 6.30. The van der Waals surface area contributed by atoms with Crippen molar-refractivity contribution in [3.63, 3.8) is 0 Å². The van der Waals surface area contributed by atoms with Gasteiger partial charge in [-0.1, -0.05) is 35.0 Å². The number of aromatic nitrogens is 5. The van der Waals surface area contributed by atoms with Crippen LogP contribution in [0.3, 0.4) is 0 Å². The Bertz CT molecular complexity index is 921. The van der Waals surface area contributed by atoms with Crippen molar-refractivity contribution in [2.45, 2.75) is 18.6 Å². The first-order chi connectivity index (χ1) is 10.5. The highest BCUT2D eigenvalue weighted by molar-refractivity contribution is 7.98. The topological polar surface area (TPSA) is 65.1 Å². The number of aryl methyl sites for hydroxylation is 1. The predicted molar refractivity (Wildman–Crippen MR) is 87.1 cm³/mol. The molecule has 3 aromatic rings. The summed E-state index contributed by atoms with van der Waals surface area (Å²) in [5, 5.41) is 5.38. The molecule has 0 saturated heterocycles. The van der Waals surface area contributed by atoms with Crippen molar-refractivity contribution in [3.05, 3.63) is 50.1 Å². The summed E-state index contributed by atoms with van der Waals surface area (Å²) >= 11 is 13.2. The first kappa shape index (κ1) is 15.3. The highest BCUT2D eigenvalue weighted by Gasteiger charge is 2.12. The van der Waals surface area contributed by atoms with Crippen molar-refractivity contribution in [1.82, 2.24) is 24.1 Å². The Morgan fingerprint density at radius 2 is 2.09 bits per heavy atom. The van der Waals surface area contributed by atoms with Crippen molar-refractivity contribution in [2.24, 2.45) is 0 Å². The molecule has 22 heavy (non-hydrogen) atoms. The first-order valence-corrected chi connectivity index (χ1v) is 8.29. The molecule has 0 amide bonds. The van der Waals surface area contributed by atoms with E-state index in [1.165, 1.54) is 22.3 Å². The lowest BCUT2D eigenvalue weighted by Crippen LogP contribution is -2.20. The summed E-state index contributed by atoms with van der Waals surface area (Å²) in [4.78, 5) is 20.4. The Morgan fingerprint density at radius 3 is 2.77 bits per heavy atom.